The van der Waals surface area contributed by atoms with Crippen molar-refractivity contribution in [1.29, 1.82) is 0 Å². The van der Waals surface area contributed by atoms with Gasteiger partial charge in [0.25, 0.3) is 0 Å². The number of likely N-dealkylation sites (N-methyl/N-ethyl adjacent to an activating group) is 1. The molecule has 1 aliphatic heterocycles. The summed E-state index contributed by atoms with van der Waals surface area (Å²) in [4.78, 5) is 2.36. The van der Waals surface area contributed by atoms with Gasteiger partial charge in [-0.25, -0.2) is 0 Å². The molecule has 0 radical (unpaired) electrons. The fourth-order valence-electron chi connectivity index (χ4n) is 2.68. The van der Waals surface area contributed by atoms with Crippen molar-refractivity contribution in [2.24, 2.45) is 0 Å². The van der Waals surface area contributed by atoms with Gasteiger partial charge in [-0.15, -0.1) is 0 Å². The predicted octanol–water partition coefficient (Wildman–Crippen LogP) is 3.69. The minimum atomic E-state index is 0.168. The van der Waals surface area contributed by atoms with Crippen molar-refractivity contribution in [2.45, 2.75) is 20.0 Å². The van der Waals surface area contributed by atoms with Crippen molar-refractivity contribution in [3.8, 4) is 5.75 Å². The maximum Gasteiger partial charge on any atom is 0.143 e. The van der Waals surface area contributed by atoms with Crippen LogP contribution in [0.15, 0.2) is 48.5 Å². The topological polar surface area (TPSA) is 24.5 Å². The van der Waals surface area contributed by atoms with Crippen LogP contribution in [0.5, 0.6) is 5.75 Å². The number of nitrogens with one attached hydrogen (secondary N) is 1. The average molecular weight is 282 g/mol. The van der Waals surface area contributed by atoms with Gasteiger partial charge in [0, 0.05) is 12.2 Å². The van der Waals surface area contributed by atoms with Gasteiger partial charge in [0.2, 0.25) is 0 Å². The summed E-state index contributed by atoms with van der Waals surface area (Å²) in [5.41, 5.74) is 3.64. The normalized spacial score (nSPS) is 16.6. The van der Waals surface area contributed by atoms with Crippen molar-refractivity contribution in [3.05, 3.63) is 54.1 Å². The highest BCUT2D eigenvalue weighted by Crippen LogP contribution is 2.28. The van der Waals surface area contributed by atoms with E-state index in [0.29, 0.717) is 0 Å². The number of aryl methyl sites for hydroxylation is 1. The van der Waals surface area contributed by atoms with Crippen molar-refractivity contribution >= 4 is 11.4 Å². The second-order valence-corrected chi connectivity index (χ2v) is 5.49. The Balaban J connectivity index is 1.69. The standard InChI is InChI=1S/C18H22N2O/c1-3-20(15-10-8-14(2)9-11-15)13-16-12-19-17-6-4-5-7-18(17)21-16/h4-11,16,19H,3,12-13H2,1-2H3. The molecule has 110 valence electrons. The number of hydrogen-bond acceptors (Lipinski definition) is 3. The van der Waals surface area contributed by atoms with Crippen LogP contribution in [0.1, 0.15) is 12.5 Å². The Labute approximate surface area is 126 Å². The molecule has 0 amide bonds. The van der Waals surface area contributed by atoms with Crippen LogP contribution in [0.2, 0.25) is 0 Å². The SMILES string of the molecule is CCN(CC1CNc2ccccc2O1)c1ccc(C)cc1. The van der Waals surface area contributed by atoms with E-state index in [-0.39, 0.29) is 6.10 Å². The van der Waals surface area contributed by atoms with Gasteiger partial charge in [-0.2, -0.15) is 0 Å². The number of benzene rings is 2. The lowest BCUT2D eigenvalue weighted by Gasteiger charge is -2.32. The molecule has 0 fully saturated rings. The van der Waals surface area contributed by atoms with Crippen LogP contribution in [0.25, 0.3) is 0 Å². The first-order chi connectivity index (χ1) is 10.3. The molecule has 0 spiro atoms. The van der Waals surface area contributed by atoms with E-state index in [1.807, 2.05) is 18.2 Å². The molecular formula is C18H22N2O. The molecule has 1 atom stereocenters. The summed E-state index contributed by atoms with van der Waals surface area (Å²) in [5, 5.41) is 3.45. The Bertz CT molecular complexity index is 594. The molecule has 2 aromatic rings. The van der Waals surface area contributed by atoms with Gasteiger partial charge in [-0.1, -0.05) is 29.8 Å². The van der Waals surface area contributed by atoms with Crippen molar-refractivity contribution < 1.29 is 4.74 Å². The lowest BCUT2D eigenvalue weighted by atomic mass is 10.2. The third kappa shape index (κ3) is 3.13. The van der Waals surface area contributed by atoms with Gasteiger partial charge in [0.1, 0.15) is 11.9 Å². The van der Waals surface area contributed by atoms with Crippen LogP contribution in [0.4, 0.5) is 11.4 Å². The van der Waals surface area contributed by atoms with E-state index in [1.54, 1.807) is 0 Å². The maximum atomic E-state index is 6.11. The first-order valence-corrected chi connectivity index (χ1v) is 7.57. The number of rotatable bonds is 4. The van der Waals surface area contributed by atoms with E-state index in [0.717, 1.165) is 31.1 Å². The lowest BCUT2D eigenvalue weighted by Crippen LogP contribution is -2.41. The summed E-state index contributed by atoms with van der Waals surface area (Å²) in [6, 6.07) is 16.8. The quantitative estimate of drug-likeness (QED) is 0.925. The van der Waals surface area contributed by atoms with Crippen LogP contribution in [0.3, 0.4) is 0 Å². The molecule has 21 heavy (non-hydrogen) atoms. The fraction of sp³-hybridized carbons (Fsp3) is 0.333. The van der Waals surface area contributed by atoms with E-state index in [1.165, 1.54) is 11.3 Å². The molecule has 3 rings (SSSR count). The number of fused-ring (bicyclic) bond motifs is 1. The Hall–Kier alpha value is -2.16. The summed E-state index contributed by atoms with van der Waals surface area (Å²) >= 11 is 0. The second kappa shape index (κ2) is 6.08. The lowest BCUT2D eigenvalue weighted by molar-refractivity contribution is 0.211. The average Bonchev–Trinajstić information content (AvgIpc) is 2.53. The second-order valence-electron chi connectivity index (χ2n) is 5.49. The zero-order valence-electron chi connectivity index (χ0n) is 12.7. The molecule has 0 aliphatic carbocycles. The zero-order chi connectivity index (χ0) is 14.7. The van der Waals surface area contributed by atoms with Gasteiger partial charge in [-0.05, 0) is 38.1 Å². The highest BCUT2D eigenvalue weighted by atomic mass is 16.5. The van der Waals surface area contributed by atoms with E-state index >= 15 is 0 Å². The van der Waals surface area contributed by atoms with Crippen LogP contribution >= 0.6 is 0 Å². The molecule has 1 N–H and O–H groups in total. The first kappa shape index (κ1) is 13.8. The fourth-order valence-corrected chi connectivity index (χ4v) is 2.68. The smallest absolute Gasteiger partial charge is 0.143 e. The van der Waals surface area contributed by atoms with E-state index in [2.05, 4.69) is 54.4 Å². The number of anilines is 2. The summed E-state index contributed by atoms with van der Waals surface area (Å²) in [6.45, 7) is 7.01. The van der Waals surface area contributed by atoms with Crippen molar-refractivity contribution in [2.75, 3.05) is 29.9 Å². The van der Waals surface area contributed by atoms with Gasteiger partial charge < -0.3 is 15.0 Å². The van der Waals surface area contributed by atoms with E-state index in [4.69, 9.17) is 4.74 Å². The van der Waals surface area contributed by atoms with Gasteiger partial charge >= 0.3 is 0 Å². The molecule has 0 saturated heterocycles. The number of hydrogen-bond donors (Lipinski definition) is 1. The monoisotopic (exact) mass is 282 g/mol. The Morgan fingerprint density at radius 2 is 1.90 bits per heavy atom. The molecule has 1 unspecified atom stereocenters. The summed E-state index contributed by atoms with van der Waals surface area (Å²) in [6.07, 6.45) is 0.168. The van der Waals surface area contributed by atoms with Crippen LogP contribution in [0, 0.1) is 6.92 Å². The molecular weight excluding hydrogens is 260 g/mol. The molecule has 3 heteroatoms. The molecule has 0 aromatic heterocycles. The van der Waals surface area contributed by atoms with Gasteiger partial charge in [0.05, 0.1) is 18.8 Å². The summed E-state index contributed by atoms with van der Waals surface area (Å²) < 4.78 is 6.11. The Morgan fingerprint density at radius 1 is 1.14 bits per heavy atom. The van der Waals surface area contributed by atoms with Crippen molar-refractivity contribution in [3.63, 3.8) is 0 Å². The number of para-hydroxylation sites is 2. The number of ether oxygens (including phenoxy) is 1. The summed E-state index contributed by atoms with van der Waals surface area (Å²) in [5.74, 6) is 0.953. The molecule has 0 saturated carbocycles. The molecule has 1 aliphatic rings. The molecule has 0 bridgehead atoms. The summed E-state index contributed by atoms with van der Waals surface area (Å²) in [7, 11) is 0. The minimum Gasteiger partial charge on any atom is -0.485 e. The Morgan fingerprint density at radius 3 is 2.67 bits per heavy atom. The van der Waals surface area contributed by atoms with Crippen LogP contribution < -0.4 is 15.0 Å². The molecule has 2 aromatic carbocycles. The highest BCUT2D eigenvalue weighted by Gasteiger charge is 2.21. The minimum absolute atomic E-state index is 0.168. The largest absolute Gasteiger partial charge is 0.485 e. The van der Waals surface area contributed by atoms with E-state index in [9.17, 15) is 0 Å². The maximum absolute atomic E-state index is 6.11. The third-order valence-electron chi connectivity index (χ3n) is 3.91. The first-order valence-electron chi connectivity index (χ1n) is 7.57. The third-order valence-corrected chi connectivity index (χ3v) is 3.91. The van der Waals surface area contributed by atoms with Crippen LogP contribution in [-0.2, 0) is 0 Å². The van der Waals surface area contributed by atoms with Gasteiger partial charge in [-0.3, -0.25) is 0 Å². The van der Waals surface area contributed by atoms with Gasteiger partial charge in [0.15, 0.2) is 0 Å². The Kier molecular flexibility index (Phi) is 4.00. The van der Waals surface area contributed by atoms with Crippen LogP contribution in [-0.4, -0.2) is 25.7 Å². The predicted molar refractivity (Wildman–Crippen MR) is 88.4 cm³/mol. The van der Waals surface area contributed by atoms with E-state index < -0.39 is 0 Å². The zero-order valence-corrected chi connectivity index (χ0v) is 12.7. The molecule has 1 heterocycles. The van der Waals surface area contributed by atoms with Crippen molar-refractivity contribution in [1.82, 2.24) is 0 Å². The number of nitrogens with zero attached hydrogens (tertiary/aromatic N) is 1. The highest BCUT2D eigenvalue weighted by molar-refractivity contribution is 5.58. The molecule has 3 nitrogen and oxygen atoms in total.